The molecular weight excluding hydrogens is 212 g/mol. The van der Waals surface area contributed by atoms with E-state index in [4.69, 9.17) is 12.2 Å². The molecule has 1 aromatic carbocycles. The third-order valence-corrected chi connectivity index (χ3v) is 2.49. The first-order valence-electron chi connectivity index (χ1n) is 5.77. The third-order valence-electron chi connectivity index (χ3n) is 2.49. The molecule has 3 nitrogen and oxygen atoms in total. The first kappa shape index (κ1) is 13.3. The fourth-order valence-electron chi connectivity index (χ4n) is 1.49. The molecule has 0 fully saturated rings. The molecule has 0 radical (unpaired) electrons. The normalized spacial score (nSPS) is 11.5. The van der Waals surface area contributed by atoms with Crippen molar-refractivity contribution < 1.29 is 4.79 Å². The van der Waals surface area contributed by atoms with Gasteiger partial charge in [0.05, 0.1) is 0 Å². The van der Waals surface area contributed by atoms with Gasteiger partial charge in [-0.3, -0.25) is 4.79 Å². The van der Waals surface area contributed by atoms with Crippen molar-refractivity contribution in [2.45, 2.75) is 25.3 Å². The number of terminal acetylenes is 1. The lowest BCUT2D eigenvalue weighted by Crippen LogP contribution is -2.34. The van der Waals surface area contributed by atoms with Crippen LogP contribution in [-0.2, 0) is 4.79 Å². The predicted octanol–water partition coefficient (Wildman–Crippen LogP) is 1.61. The molecule has 1 aromatic rings. The number of benzene rings is 1. The number of hydrogen-bond donors (Lipinski definition) is 2. The van der Waals surface area contributed by atoms with Gasteiger partial charge in [-0.25, -0.2) is 0 Å². The smallest absolute Gasteiger partial charge is 0.241 e. The zero-order valence-corrected chi connectivity index (χ0v) is 9.86. The van der Waals surface area contributed by atoms with Gasteiger partial charge in [-0.05, 0) is 18.4 Å². The Morgan fingerprint density at radius 1 is 1.35 bits per heavy atom. The van der Waals surface area contributed by atoms with Crippen LogP contribution in [0.1, 0.15) is 30.9 Å². The second-order valence-corrected chi connectivity index (χ2v) is 3.84. The van der Waals surface area contributed by atoms with Gasteiger partial charge in [0.1, 0.15) is 6.04 Å². The molecule has 17 heavy (non-hydrogen) atoms. The molecule has 0 bridgehead atoms. The van der Waals surface area contributed by atoms with Gasteiger partial charge in [-0.2, -0.15) is 0 Å². The summed E-state index contributed by atoms with van der Waals surface area (Å²) in [4.78, 5) is 11.7. The van der Waals surface area contributed by atoms with Crippen LogP contribution in [0.25, 0.3) is 0 Å². The Morgan fingerprint density at radius 3 is 2.71 bits per heavy atom. The number of unbranched alkanes of at least 4 members (excludes halogenated alkanes) is 2. The standard InChI is InChI=1S/C14H18N2O/c1-2-3-4-8-11-16-14(17)13(15)12-9-6-5-7-10-12/h1,5-7,9-10,13H,3-4,8,11,15H2,(H,16,17)/t13-/m1/s1. The summed E-state index contributed by atoms with van der Waals surface area (Å²) in [5.41, 5.74) is 6.66. The minimum atomic E-state index is -0.594. The van der Waals surface area contributed by atoms with Crippen molar-refractivity contribution in [2.75, 3.05) is 6.54 Å². The average molecular weight is 230 g/mol. The molecule has 1 rings (SSSR count). The average Bonchev–Trinajstić information content (AvgIpc) is 2.38. The molecule has 0 heterocycles. The van der Waals surface area contributed by atoms with Gasteiger partial charge in [0.2, 0.25) is 5.91 Å². The van der Waals surface area contributed by atoms with Crippen LogP contribution >= 0.6 is 0 Å². The SMILES string of the molecule is C#CCCCCNC(=O)[C@H](N)c1ccccc1. The maximum atomic E-state index is 11.7. The summed E-state index contributed by atoms with van der Waals surface area (Å²) in [5, 5.41) is 2.81. The fourth-order valence-corrected chi connectivity index (χ4v) is 1.49. The lowest BCUT2D eigenvalue weighted by atomic mass is 10.1. The Kier molecular flexibility index (Phi) is 5.84. The Bertz CT molecular complexity index is 381. The number of nitrogens with one attached hydrogen (secondary N) is 1. The van der Waals surface area contributed by atoms with Crippen LogP contribution in [0.15, 0.2) is 30.3 Å². The van der Waals surface area contributed by atoms with Gasteiger partial charge in [0.15, 0.2) is 0 Å². The summed E-state index contributed by atoms with van der Waals surface area (Å²) in [7, 11) is 0. The maximum Gasteiger partial charge on any atom is 0.241 e. The van der Waals surface area contributed by atoms with Crippen molar-refractivity contribution in [2.24, 2.45) is 5.73 Å². The van der Waals surface area contributed by atoms with Crippen molar-refractivity contribution in [3.8, 4) is 12.3 Å². The zero-order valence-electron chi connectivity index (χ0n) is 9.86. The minimum Gasteiger partial charge on any atom is -0.354 e. The van der Waals surface area contributed by atoms with Gasteiger partial charge >= 0.3 is 0 Å². The highest BCUT2D eigenvalue weighted by Crippen LogP contribution is 2.09. The molecule has 1 atom stereocenters. The molecule has 3 N–H and O–H groups in total. The molecule has 0 saturated heterocycles. The van der Waals surface area contributed by atoms with Crippen LogP contribution < -0.4 is 11.1 Å². The van der Waals surface area contributed by atoms with Gasteiger partial charge in [0, 0.05) is 13.0 Å². The van der Waals surface area contributed by atoms with Crippen molar-refractivity contribution in [3.05, 3.63) is 35.9 Å². The summed E-state index contributed by atoms with van der Waals surface area (Å²) in [6.45, 7) is 0.626. The molecule has 0 spiro atoms. The van der Waals surface area contributed by atoms with Crippen LogP contribution in [-0.4, -0.2) is 12.5 Å². The molecular formula is C14H18N2O. The van der Waals surface area contributed by atoms with Gasteiger partial charge in [-0.15, -0.1) is 12.3 Å². The number of amides is 1. The van der Waals surface area contributed by atoms with Crippen molar-refractivity contribution in [1.82, 2.24) is 5.32 Å². The van der Waals surface area contributed by atoms with E-state index in [2.05, 4.69) is 11.2 Å². The first-order valence-corrected chi connectivity index (χ1v) is 5.77. The van der Waals surface area contributed by atoms with Gasteiger partial charge in [-0.1, -0.05) is 30.3 Å². The fraction of sp³-hybridized carbons (Fsp3) is 0.357. The highest BCUT2D eigenvalue weighted by Gasteiger charge is 2.14. The molecule has 0 saturated carbocycles. The molecule has 3 heteroatoms. The van der Waals surface area contributed by atoms with E-state index in [0.29, 0.717) is 6.54 Å². The van der Waals surface area contributed by atoms with E-state index in [1.54, 1.807) is 0 Å². The van der Waals surface area contributed by atoms with Crippen LogP contribution in [0.4, 0.5) is 0 Å². The Morgan fingerprint density at radius 2 is 2.06 bits per heavy atom. The van der Waals surface area contributed by atoms with Gasteiger partial charge in [0.25, 0.3) is 0 Å². The molecule has 1 amide bonds. The quantitative estimate of drug-likeness (QED) is 0.576. The van der Waals surface area contributed by atoms with E-state index in [1.807, 2.05) is 30.3 Å². The van der Waals surface area contributed by atoms with E-state index in [1.165, 1.54) is 0 Å². The summed E-state index contributed by atoms with van der Waals surface area (Å²) in [5.74, 6) is 2.43. The van der Waals surface area contributed by atoms with Crippen molar-refractivity contribution in [1.29, 1.82) is 0 Å². The van der Waals surface area contributed by atoms with Crippen LogP contribution in [0.2, 0.25) is 0 Å². The second-order valence-electron chi connectivity index (χ2n) is 3.84. The topological polar surface area (TPSA) is 55.1 Å². The Balaban J connectivity index is 2.31. The lowest BCUT2D eigenvalue weighted by molar-refractivity contribution is -0.122. The van der Waals surface area contributed by atoms with E-state index in [0.717, 1.165) is 24.8 Å². The third kappa shape index (κ3) is 4.71. The monoisotopic (exact) mass is 230 g/mol. The number of nitrogens with two attached hydrogens (primary N) is 1. The maximum absolute atomic E-state index is 11.7. The molecule has 0 aromatic heterocycles. The highest BCUT2D eigenvalue weighted by molar-refractivity contribution is 5.82. The number of rotatable bonds is 6. The predicted molar refractivity (Wildman–Crippen MR) is 69.1 cm³/mol. The van der Waals surface area contributed by atoms with Gasteiger partial charge < -0.3 is 11.1 Å². The number of hydrogen-bond acceptors (Lipinski definition) is 2. The summed E-state index contributed by atoms with van der Waals surface area (Å²) in [6, 6.07) is 8.74. The first-order chi connectivity index (χ1) is 8.25. The summed E-state index contributed by atoms with van der Waals surface area (Å²) in [6.07, 6.45) is 7.70. The van der Waals surface area contributed by atoms with Crippen LogP contribution in [0, 0.1) is 12.3 Å². The number of carbonyl (C=O) groups excluding carboxylic acids is 1. The summed E-state index contributed by atoms with van der Waals surface area (Å²) < 4.78 is 0. The van der Waals surface area contributed by atoms with E-state index < -0.39 is 6.04 Å². The van der Waals surface area contributed by atoms with E-state index >= 15 is 0 Å². The minimum absolute atomic E-state index is 0.142. The van der Waals surface area contributed by atoms with E-state index in [9.17, 15) is 4.79 Å². The molecule has 0 unspecified atom stereocenters. The largest absolute Gasteiger partial charge is 0.354 e. The molecule has 90 valence electrons. The molecule has 0 aliphatic heterocycles. The Labute approximate surface area is 102 Å². The van der Waals surface area contributed by atoms with Crippen molar-refractivity contribution >= 4 is 5.91 Å². The van der Waals surface area contributed by atoms with Crippen LogP contribution in [0.3, 0.4) is 0 Å². The van der Waals surface area contributed by atoms with E-state index in [-0.39, 0.29) is 5.91 Å². The highest BCUT2D eigenvalue weighted by atomic mass is 16.2. The molecule has 0 aliphatic carbocycles. The van der Waals surface area contributed by atoms with Crippen LogP contribution in [0.5, 0.6) is 0 Å². The number of carbonyl (C=O) groups is 1. The second kappa shape index (κ2) is 7.48. The Hall–Kier alpha value is -1.79. The molecule has 0 aliphatic rings. The zero-order chi connectivity index (χ0) is 12.5. The van der Waals surface area contributed by atoms with Crippen molar-refractivity contribution in [3.63, 3.8) is 0 Å². The lowest BCUT2D eigenvalue weighted by Gasteiger charge is -2.12. The summed E-state index contributed by atoms with van der Waals surface area (Å²) >= 11 is 0.